The van der Waals surface area contributed by atoms with E-state index in [1.54, 1.807) is 18.2 Å². The molecule has 1 atom stereocenters. The van der Waals surface area contributed by atoms with Gasteiger partial charge >= 0.3 is 5.97 Å². The molecule has 3 aromatic heterocycles. The van der Waals surface area contributed by atoms with Gasteiger partial charge in [-0.05, 0) is 50.3 Å². The standard InChI is InChI=1S/C28H31FN6O6/c1-16(36)41-35-22(11-18-19(29)13-30-20-4-6-24(38-2)34-25(18)20)28-9-7-27(8-10-28,15-40-28)31-12-17-3-5-21-26(32-17)33-23(37)14-39-21/h3-6,13,22,31,35H,7-12,14-15H2,1-2H3,(H,32,33,37). The highest BCUT2D eigenvalue weighted by atomic mass is 19.1. The summed E-state index contributed by atoms with van der Waals surface area (Å²) >= 11 is 0. The maximum Gasteiger partial charge on any atom is 0.321 e. The van der Waals surface area contributed by atoms with Crippen LogP contribution in [0.2, 0.25) is 0 Å². The molecule has 1 saturated carbocycles. The number of hydrogen-bond donors (Lipinski definition) is 3. The molecule has 41 heavy (non-hydrogen) atoms. The lowest BCUT2D eigenvalue weighted by Crippen LogP contribution is -2.67. The summed E-state index contributed by atoms with van der Waals surface area (Å²) in [5.41, 5.74) is 3.95. The Morgan fingerprint density at radius 1 is 1.20 bits per heavy atom. The number of amides is 1. The molecule has 0 aromatic carbocycles. The Labute approximate surface area is 235 Å². The maximum absolute atomic E-state index is 15.2. The Balaban J connectivity index is 1.19. The van der Waals surface area contributed by atoms with E-state index in [0.717, 1.165) is 18.5 Å². The van der Waals surface area contributed by atoms with Crippen molar-refractivity contribution in [2.24, 2.45) is 0 Å². The van der Waals surface area contributed by atoms with Crippen molar-refractivity contribution in [3.05, 3.63) is 47.5 Å². The number of anilines is 1. The molecule has 2 bridgehead atoms. The first-order chi connectivity index (χ1) is 19.8. The topological polar surface area (TPSA) is 146 Å². The SMILES string of the molecule is COc1ccc2ncc(F)c(CC(NOC(C)=O)C34CCC(NCc5ccc6c(n5)NC(=O)CO6)(CC3)CO4)c2n1. The van der Waals surface area contributed by atoms with Crippen LogP contribution in [0.15, 0.2) is 30.5 Å². The van der Waals surface area contributed by atoms with E-state index in [4.69, 9.17) is 19.0 Å². The Kier molecular flexibility index (Phi) is 7.18. The van der Waals surface area contributed by atoms with Crippen LogP contribution in [-0.2, 0) is 32.1 Å². The van der Waals surface area contributed by atoms with Crippen LogP contribution in [0.4, 0.5) is 10.2 Å². The Bertz CT molecular complexity index is 1480. The summed E-state index contributed by atoms with van der Waals surface area (Å²) in [4.78, 5) is 41.8. The highest BCUT2D eigenvalue weighted by Crippen LogP contribution is 2.46. The monoisotopic (exact) mass is 566 g/mol. The van der Waals surface area contributed by atoms with Crippen LogP contribution in [-0.4, -0.2) is 64.3 Å². The van der Waals surface area contributed by atoms with Crippen molar-refractivity contribution < 1.29 is 33.0 Å². The average Bonchev–Trinajstić information content (AvgIpc) is 2.99. The van der Waals surface area contributed by atoms with Gasteiger partial charge in [-0.15, -0.1) is 5.48 Å². The van der Waals surface area contributed by atoms with Crippen LogP contribution >= 0.6 is 0 Å². The largest absolute Gasteiger partial charge is 0.481 e. The van der Waals surface area contributed by atoms with Crippen molar-refractivity contribution in [3.63, 3.8) is 0 Å². The number of nitrogens with one attached hydrogen (secondary N) is 3. The van der Waals surface area contributed by atoms with Crippen LogP contribution in [0.3, 0.4) is 0 Å². The quantitative estimate of drug-likeness (QED) is 0.328. The molecule has 3 aliphatic heterocycles. The molecule has 6 heterocycles. The predicted octanol–water partition coefficient (Wildman–Crippen LogP) is 2.35. The molecular formula is C28H31FN6O6. The molecule has 1 amide bonds. The summed E-state index contributed by atoms with van der Waals surface area (Å²) in [7, 11) is 1.50. The van der Waals surface area contributed by atoms with E-state index < -0.39 is 23.4 Å². The third-order valence-electron chi connectivity index (χ3n) is 8.20. The second-order valence-electron chi connectivity index (χ2n) is 10.7. The highest BCUT2D eigenvalue weighted by Gasteiger charge is 2.54. The van der Waals surface area contributed by atoms with E-state index in [9.17, 15) is 9.59 Å². The number of hydrogen-bond acceptors (Lipinski definition) is 11. The van der Waals surface area contributed by atoms with Crippen molar-refractivity contribution in [1.29, 1.82) is 0 Å². The lowest BCUT2D eigenvalue weighted by atomic mass is 9.67. The van der Waals surface area contributed by atoms with E-state index in [0.29, 0.717) is 60.0 Å². The molecule has 7 rings (SSSR count). The minimum absolute atomic E-state index is 0.0173. The molecule has 3 aromatic rings. The van der Waals surface area contributed by atoms with E-state index in [2.05, 4.69) is 31.1 Å². The van der Waals surface area contributed by atoms with Crippen LogP contribution in [0.1, 0.15) is 43.9 Å². The third kappa shape index (κ3) is 5.39. The first-order valence-electron chi connectivity index (χ1n) is 13.5. The number of rotatable bonds is 9. The fourth-order valence-electron chi connectivity index (χ4n) is 5.86. The molecule has 216 valence electrons. The van der Waals surface area contributed by atoms with Crippen molar-refractivity contribution >= 4 is 28.7 Å². The number of hydroxylamine groups is 1. The van der Waals surface area contributed by atoms with Gasteiger partial charge in [0.1, 0.15) is 5.82 Å². The Morgan fingerprint density at radius 2 is 2.02 bits per heavy atom. The van der Waals surface area contributed by atoms with Gasteiger partial charge in [0.15, 0.2) is 18.2 Å². The van der Waals surface area contributed by atoms with Gasteiger partial charge in [-0.2, -0.15) is 0 Å². The summed E-state index contributed by atoms with van der Waals surface area (Å²) in [6, 6.07) is 6.53. The van der Waals surface area contributed by atoms with Gasteiger partial charge < -0.3 is 29.7 Å². The van der Waals surface area contributed by atoms with Gasteiger partial charge in [0.25, 0.3) is 5.91 Å². The fraction of sp³-hybridized carbons (Fsp3) is 0.464. The number of fused-ring (bicyclic) bond motifs is 5. The minimum Gasteiger partial charge on any atom is -0.481 e. The van der Waals surface area contributed by atoms with Gasteiger partial charge in [-0.1, -0.05) is 0 Å². The van der Waals surface area contributed by atoms with Gasteiger partial charge in [0.05, 0.1) is 48.3 Å². The summed E-state index contributed by atoms with van der Waals surface area (Å²) in [5, 5.41) is 6.36. The molecule has 3 fully saturated rings. The summed E-state index contributed by atoms with van der Waals surface area (Å²) in [5.74, 6) is 0.0689. The van der Waals surface area contributed by atoms with E-state index in [1.165, 1.54) is 20.2 Å². The molecule has 12 nitrogen and oxygen atoms in total. The number of carbonyl (C=O) groups excluding carboxylic acids is 2. The first kappa shape index (κ1) is 27.2. The zero-order valence-corrected chi connectivity index (χ0v) is 22.8. The summed E-state index contributed by atoms with van der Waals surface area (Å²) in [6.07, 6.45) is 4.23. The van der Waals surface area contributed by atoms with Crippen LogP contribution in [0, 0.1) is 5.82 Å². The number of aromatic nitrogens is 3. The van der Waals surface area contributed by atoms with Crippen LogP contribution < -0.4 is 25.6 Å². The zero-order chi connectivity index (χ0) is 28.6. The van der Waals surface area contributed by atoms with Crippen LogP contribution in [0.25, 0.3) is 11.0 Å². The first-order valence-corrected chi connectivity index (χ1v) is 13.5. The lowest BCUT2D eigenvalue weighted by molar-refractivity contribution is -0.197. The van der Waals surface area contributed by atoms with Crippen molar-refractivity contribution in [3.8, 4) is 11.6 Å². The summed E-state index contributed by atoms with van der Waals surface area (Å²) < 4.78 is 32.4. The van der Waals surface area contributed by atoms with E-state index in [-0.39, 0.29) is 24.5 Å². The molecule has 13 heteroatoms. The number of halogens is 1. The molecular weight excluding hydrogens is 535 g/mol. The van der Waals surface area contributed by atoms with Crippen molar-refractivity contribution in [2.45, 2.75) is 62.8 Å². The molecule has 3 N–H and O–H groups in total. The van der Waals surface area contributed by atoms with E-state index in [1.807, 2.05) is 6.07 Å². The number of methoxy groups -OCH3 is 1. The third-order valence-corrected chi connectivity index (χ3v) is 8.20. The second-order valence-corrected chi connectivity index (χ2v) is 10.7. The van der Waals surface area contributed by atoms with Crippen molar-refractivity contribution in [2.75, 3.05) is 25.6 Å². The molecule has 1 aliphatic carbocycles. The molecule has 1 unspecified atom stereocenters. The predicted molar refractivity (Wildman–Crippen MR) is 144 cm³/mol. The smallest absolute Gasteiger partial charge is 0.321 e. The Hall–Kier alpha value is -3.94. The van der Waals surface area contributed by atoms with Crippen LogP contribution in [0.5, 0.6) is 11.6 Å². The number of carbonyl (C=O) groups is 2. The normalized spacial score (nSPS) is 23.8. The Morgan fingerprint density at radius 3 is 2.76 bits per heavy atom. The average molecular weight is 567 g/mol. The van der Waals surface area contributed by atoms with Gasteiger partial charge in [-0.3, -0.25) is 14.6 Å². The number of nitrogens with zero attached hydrogens (tertiary/aromatic N) is 3. The van der Waals surface area contributed by atoms with Gasteiger partial charge in [0, 0.05) is 30.6 Å². The zero-order valence-electron chi connectivity index (χ0n) is 22.8. The molecule has 2 saturated heterocycles. The molecule has 0 spiro atoms. The van der Waals surface area contributed by atoms with Crippen molar-refractivity contribution in [1.82, 2.24) is 25.7 Å². The van der Waals surface area contributed by atoms with E-state index >= 15 is 4.39 Å². The lowest BCUT2D eigenvalue weighted by Gasteiger charge is -2.56. The molecule has 4 aliphatic rings. The highest BCUT2D eigenvalue weighted by molar-refractivity contribution is 5.94. The van der Waals surface area contributed by atoms with Gasteiger partial charge in [-0.25, -0.2) is 14.4 Å². The fourth-order valence-corrected chi connectivity index (χ4v) is 5.86. The number of ether oxygens (including phenoxy) is 3. The van der Waals surface area contributed by atoms with Gasteiger partial charge in [0.2, 0.25) is 5.88 Å². The number of pyridine rings is 3. The maximum atomic E-state index is 15.2. The minimum atomic E-state index is -0.689. The summed E-state index contributed by atoms with van der Waals surface area (Å²) in [6.45, 7) is 2.19. The molecule has 0 radical (unpaired) electrons. The second kappa shape index (κ2) is 10.8.